The average Bonchev–Trinajstić information content (AvgIpc) is 2.70. The summed E-state index contributed by atoms with van der Waals surface area (Å²) in [5, 5.41) is 0. The van der Waals surface area contributed by atoms with Crippen molar-refractivity contribution in [1.29, 1.82) is 0 Å². The molecule has 29 heavy (non-hydrogen) atoms. The van der Waals surface area contributed by atoms with Crippen LogP contribution in [-0.4, -0.2) is 6.29 Å². The molecule has 0 aliphatic heterocycles. The van der Waals surface area contributed by atoms with Crippen LogP contribution in [0, 0.1) is 5.82 Å². The minimum Gasteiger partial charge on any atom is -0.298 e. The highest BCUT2D eigenvalue weighted by Crippen LogP contribution is 2.33. The summed E-state index contributed by atoms with van der Waals surface area (Å²) in [6.45, 7) is 14.6. The molecule has 1 unspecified atom stereocenters. The molecule has 1 rings (SSSR count). The van der Waals surface area contributed by atoms with Crippen molar-refractivity contribution in [1.82, 2.24) is 0 Å². The maximum Gasteiger partial charge on any atom is 0.150 e. The first kappa shape index (κ1) is 24.8. The molecule has 2 heteroatoms. The summed E-state index contributed by atoms with van der Waals surface area (Å²) in [5.74, 6) is 0.0153. The predicted octanol–water partition coefficient (Wildman–Crippen LogP) is 8.34. The Morgan fingerprint density at radius 3 is 2.34 bits per heavy atom. The molecule has 0 aromatic heterocycles. The lowest BCUT2D eigenvalue weighted by molar-refractivity contribution is -0.104. The molecule has 1 aromatic carbocycles. The van der Waals surface area contributed by atoms with Crippen molar-refractivity contribution in [2.24, 2.45) is 0 Å². The van der Waals surface area contributed by atoms with E-state index < -0.39 is 0 Å². The van der Waals surface area contributed by atoms with Crippen LogP contribution in [0.3, 0.4) is 0 Å². The van der Waals surface area contributed by atoms with E-state index in [9.17, 15) is 9.18 Å². The summed E-state index contributed by atoms with van der Waals surface area (Å²) in [6, 6.07) is 4.93. The molecule has 0 amide bonds. The number of hydrogen-bond acceptors (Lipinski definition) is 1. The minimum absolute atomic E-state index is 0.276. The highest BCUT2D eigenvalue weighted by molar-refractivity contribution is 5.95. The van der Waals surface area contributed by atoms with Gasteiger partial charge in [-0.2, -0.15) is 0 Å². The SMILES string of the molecule is CC\C=C(C)/C(=C\C=C(\C)CCC)C(/C=O)=C(\C)c1cc(F)ccc1C(C)CC. The number of carbonyl (C=O) groups is 1. The van der Waals surface area contributed by atoms with Crippen molar-refractivity contribution in [3.8, 4) is 0 Å². The lowest BCUT2D eigenvalue weighted by Crippen LogP contribution is -2.03. The van der Waals surface area contributed by atoms with Crippen LogP contribution in [0.25, 0.3) is 5.57 Å². The van der Waals surface area contributed by atoms with Gasteiger partial charge in [-0.05, 0) is 85.9 Å². The van der Waals surface area contributed by atoms with E-state index in [-0.39, 0.29) is 5.82 Å². The number of halogens is 1. The molecule has 0 radical (unpaired) electrons. The monoisotopic (exact) mass is 396 g/mol. The third-order valence-electron chi connectivity index (χ3n) is 5.49. The average molecular weight is 397 g/mol. The van der Waals surface area contributed by atoms with Gasteiger partial charge in [-0.1, -0.05) is 64.0 Å². The van der Waals surface area contributed by atoms with Crippen molar-refractivity contribution in [3.63, 3.8) is 0 Å². The van der Waals surface area contributed by atoms with Crippen LogP contribution < -0.4 is 0 Å². The van der Waals surface area contributed by atoms with E-state index in [2.05, 4.69) is 46.8 Å². The number of benzene rings is 1. The number of rotatable bonds is 10. The lowest BCUT2D eigenvalue weighted by Gasteiger charge is -2.18. The normalized spacial score (nSPS) is 15.2. The molecule has 0 heterocycles. The zero-order valence-corrected chi connectivity index (χ0v) is 19.2. The van der Waals surface area contributed by atoms with Gasteiger partial charge in [0.1, 0.15) is 5.82 Å². The molecule has 0 bridgehead atoms. The first-order valence-corrected chi connectivity index (χ1v) is 10.8. The Balaban J connectivity index is 3.73. The Morgan fingerprint density at radius 1 is 1.10 bits per heavy atom. The summed E-state index contributed by atoms with van der Waals surface area (Å²) in [4.78, 5) is 12.2. The predicted molar refractivity (Wildman–Crippen MR) is 125 cm³/mol. The van der Waals surface area contributed by atoms with Gasteiger partial charge >= 0.3 is 0 Å². The maximum atomic E-state index is 14.1. The minimum atomic E-state index is -0.276. The zero-order valence-electron chi connectivity index (χ0n) is 19.2. The molecular formula is C27H37FO. The number of hydrogen-bond donors (Lipinski definition) is 0. The molecule has 0 saturated heterocycles. The van der Waals surface area contributed by atoms with Crippen LogP contribution in [-0.2, 0) is 4.79 Å². The Morgan fingerprint density at radius 2 is 1.79 bits per heavy atom. The largest absolute Gasteiger partial charge is 0.298 e. The van der Waals surface area contributed by atoms with Crippen LogP contribution in [0.5, 0.6) is 0 Å². The van der Waals surface area contributed by atoms with Crippen molar-refractivity contribution < 1.29 is 9.18 Å². The van der Waals surface area contributed by atoms with Crippen LogP contribution in [0.15, 0.2) is 58.7 Å². The van der Waals surface area contributed by atoms with Gasteiger partial charge in [0.2, 0.25) is 0 Å². The number of allylic oxidation sites excluding steroid dienone is 8. The van der Waals surface area contributed by atoms with E-state index in [0.717, 1.165) is 59.8 Å². The third kappa shape index (κ3) is 6.96. The van der Waals surface area contributed by atoms with Gasteiger partial charge in [-0.3, -0.25) is 4.79 Å². The van der Waals surface area contributed by atoms with Crippen molar-refractivity contribution in [2.45, 2.75) is 80.1 Å². The fourth-order valence-electron chi connectivity index (χ4n) is 3.55. The lowest BCUT2D eigenvalue weighted by atomic mass is 9.86. The Bertz CT molecular complexity index is 821. The third-order valence-corrected chi connectivity index (χ3v) is 5.49. The van der Waals surface area contributed by atoms with Crippen LogP contribution in [0.4, 0.5) is 4.39 Å². The number of carbonyl (C=O) groups excluding carboxylic acids is 1. The van der Waals surface area contributed by atoms with Gasteiger partial charge in [0, 0.05) is 5.57 Å². The molecule has 0 N–H and O–H groups in total. The first-order chi connectivity index (χ1) is 13.8. The van der Waals surface area contributed by atoms with Crippen LogP contribution >= 0.6 is 0 Å². The second-order valence-electron chi connectivity index (χ2n) is 7.84. The van der Waals surface area contributed by atoms with Gasteiger partial charge < -0.3 is 0 Å². The van der Waals surface area contributed by atoms with Gasteiger partial charge in [-0.15, -0.1) is 0 Å². The Kier molecular flexibility index (Phi) is 10.6. The van der Waals surface area contributed by atoms with E-state index in [1.54, 1.807) is 6.07 Å². The Labute approximate surface area is 177 Å². The van der Waals surface area contributed by atoms with Gasteiger partial charge in [0.15, 0.2) is 6.29 Å². The quantitative estimate of drug-likeness (QED) is 0.221. The van der Waals surface area contributed by atoms with Crippen molar-refractivity contribution >= 4 is 11.9 Å². The smallest absolute Gasteiger partial charge is 0.150 e. The molecule has 158 valence electrons. The van der Waals surface area contributed by atoms with E-state index in [1.807, 2.05) is 26.0 Å². The molecule has 1 aromatic rings. The van der Waals surface area contributed by atoms with E-state index in [4.69, 9.17) is 0 Å². The topological polar surface area (TPSA) is 17.1 Å². The highest BCUT2D eigenvalue weighted by atomic mass is 19.1. The van der Waals surface area contributed by atoms with Crippen molar-refractivity contribution in [3.05, 3.63) is 75.7 Å². The molecule has 0 fully saturated rings. The molecule has 0 aliphatic carbocycles. The van der Waals surface area contributed by atoms with Crippen LogP contribution in [0.2, 0.25) is 0 Å². The summed E-state index contributed by atoms with van der Waals surface area (Å²) in [5.41, 5.74) is 6.62. The first-order valence-electron chi connectivity index (χ1n) is 10.8. The molecule has 1 atom stereocenters. The summed E-state index contributed by atoms with van der Waals surface area (Å²) in [6.07, 6.45) is 11.2. The van der Waals surface area contributed by atoms with Gasteiger partial charge in [-0.25, -0.2) is 4.39 Å². The zero-order chi connectivity index (χ0) is 22.0. The molecule has 0 spiro atoms. The highest BCUT2D eigenvalue weighted by Gasteiger charge is 2.17. The molecular weight excluding hydrogens is 359 g/mol. The molecule has 1 nitrogen and oxygen atoms in total. The molecule has 0 saturated carbocycles. The number of aldehydes is 1. The fraction of sp³-hybridized carbons (Fsp3) is 0.444. The van der Waals surface area contributed by atoms with Crippen molar-refractivity contribution in [2.75, 3.05) is 0 Å². The summed E-state index contributed by atoms with van der Waals surface area (Å²) in [7, 11) is 0. The van der Waals surface area contributed by atoms with Gasteiger partial charge in [0.05, 0.1) is 0 Å². The van der Waals surface area contributed by atoms with Crippen LogP contribution in [0.1, 0.15) is 91.2 Å². The van der Waals surface area contributed by atoms with E-state index in [0.29, 0.717) is 11.5 Å². The molecule has 0 aliphatic rings. The second-order valence-corrected chi connectivity index (χ2v) is 7.84. The van der Waals surface area contributed by atoms with Gasteiger partial charge in [0.25, 0.3) is 0 Å². The second kappa shape index (κ2) is 12.4. The fourth-order valence-corrected chi connectivity index (χ4v) is 3.55. The summed E-state index contributed by atoms with van der Waals surface area (Å²) >= 11 is 0. The van der Waals surface area contributed by atoms with E-state index in [1.165, 1.54) is 11.6 Å². The van der Waals surface area contributed by atoms with E-state index >= 15 is 0 Å². The summed E-state index contributed by atoms with van der Waals surface area (Å²) < 4.78 is 14.1. The standard InChI is InChI=1S/C27H37FO/c1-8-11-19(4)13-15-25(21(6)12-9-2)27(18-29)22(7)26-17-23(28)14-16-24(26)20(5)10-3/h12-18,20H,8-11H2,1-7H3/b19-13-,21-12-,25-15+,27-22+. The maximum absolute atomic E-state index is 14.1. The Hall–Kier alpha value is -2.22.